The van der Waals surface area contributed by atoms with Crippen molar-refractivity contribution in [3.63, 3.8) is 0 Å². The average Bonchev–Trinajstić information content (AvgIpc) is 2.94. The Labute approximate surface area is 120 Å². The summed E-state index contributed by atoms with van der Waals surface area (Å²) in [7, 11) is 1.67. The number of rotatable bonds is 3. The van der Waals surface area contributed by atoms with E-state index in [0.717, 1.165) is 37.0 Å². The Morgan fingerprint density at radius 2 is 2.30 bits per heavy atom. The molecule has 0 radical (unpaired) electrons. The van der Waals surface area contributed by atoms with E-state index in [1.807, 2.05) is 18.2 Å². The minimum atomic E-state index is -0.654. The lowest BCUT2D eigenvalue weighted by Gasteiger charge is -2.37. The van der Waals surface area contributed by atoms with Crippen LogP contribution >= 0.6 is 0 Å². The molecule has 1 aliphatic carbocycles. The van der Waals surface area contributed by atoms with Crippen LogP contribution in [0.25, 0.3) is 0 Å². The largest absolute Gasteiger partial charge is 0.492 e. The molecule has 3 rings (SSSR count). The zero-order valence-corrected chi connectivity index (χ0v) is 12.3. The quantitative estimate of drug-likeness (QED) is 0.792. The van der Waals surface area contributed by atoms with Gasteiger partial charge in [-0.1, -0.05) is 25.5 Å². The van der Waals surface area contributed by atoms with E-state index in [9.17, 15) is 4.79 Å². The summed E-state index contributed by atoms with van der Waals surface area (Å²) in [6.45, 7) is 2.88. The first-order valence-corrected chi connectivity index (χ1v) is 7.51. The second kappa shape index (κ2) is 5.21. The van der Waals surface area contributed by atoms with Gasteiger partial charge < -0.3 is 9.47 Å². The molecule has 0 aromatic heterocycles. The number of carbonyl (C=O) groups excluding carboxylic acids is 1. The van der Waals surface area contributed by atoms with E-state index in [2.05, 4.69) is 6.92 Å². The highest BCUT2D eigenvalue weighted by Gasteiger charge is 2.43. The van der Waals surface area contributed by atoms with Crippen LogP contribution in [-0.2, 0) is 11.2 Å². The topological polar surface area (TPSA) is 35.5 Å². The Morgan fingerprint density at radius 3 is 3.05 bits per heavy atom. The number of carbonyl (C=O) groups is 1. The number of hydrogen-bond donors (Lipinski definition) is 0. The van der Waals surface area contributed by atoms with E-state index in [1.165, 1.54) is 6.42 Å². The number of ether oxygens (including phenoxy) is 2. The first-order valence-electron chi connectivity index (χ1n) is 7.51. The summed E-state index contributed by atoms with van der Waals surface area (Å²) in [5.41, 5.74) is 1.19. The summed E-state index contributed by atoms with van der Waals surface area (Å²) in [5.74, 6) is 1.42. The number of ketones is 1. The SMILES string of the molecule is COC1(C(=O)c2cccc3c2OCC3)CCCC(C)C1. The van der Waals surface area contributed by atoms with E-state index in [4.69, 9.17) is 9.47 Å². The zero-order valence-electron chi connectivity index (χ0n) is 12.3. The summed E-state index contributed by atoms with van der Waals surface area (Å²) >= 11 is 0. The van der Waals surface area contributed by atoms with Crippen LogP contribution in [0.4, 0.5) is 0 Å². The molecule has 0 amide bonds. The van der Waals surface area contributed by atoms with Crippen molar-refractivity contribution in [1.82, 2.24) is 0 Å². The lowest BCUT2D eigenvalue weighted by atomic mass is 9.74. The minimum absolute atomic E-state index is 0.102. The van der Waals surface area contributed by atoms with Gasteiger partial charge in [0, 0.05) is 13.5 Å². The van der Waals surface area contributed by atoms with Gasteiger partial charge in [0.15, 0.2) is 5.78 Å². The maximum Gasteiger partial charge on any atom is 0.198 e. The molecular weight excluding hydrogens is 252 g/mol. The molecule has 1 fully saturated rings. The van der Waals surface area contributed by atoms with Crippen LogP contribution in [0.5, 0.6) is 5.75 Å². The molecular formula is C17H22O3. The number of methoxy groups -OCH3 is 1. The van der Waals surface area contributed by atoms with E-state index in [1.54, 1.807) is 7.11 Å². The molecule has 0 N–H and O–H groups in total. The van der Waals surface area contributed by atoms with Crippen molar-refractivity contribution >= 4 is 5.78 Å². The number of Topliss-reactive ketones (excluding diaryl/α,β-unsaturated/α-hetero) is 1. The van der Waals surface area contributed by atoms with Crippen molar-refractivity contribution in [3.05, 3.63) is 29.3 Å². The van der Waals surface area contributed by atoms with Crippen molar-refractivity contribution < 1.29 is 14.3 Å². The molecule has 1 aliphatic heterocycles. The van der Waals surface area contributed by atoms with E-state index >= 15 is 0 Å². The molecule has 20 heavy (non-hydrogen) atoms. The zero-order chi connectivity index (χ0) is 14.2. The second-order valence-corrected chi connectivity index (χ2v) is 6.12. The molecule has 1 aromatic rings. The van der Waals surface area contributed by atoms with Crippen molar-refractivity contribution in [2.75, 3.05) is 13.7 Å². The molecule has 1 aromatic carbocycles. The van der Waals surface area contributed by atoms with Crippen LogP contribution < -0.4 is 4.74 Å². The van der Waals surface area contributed by atoms with Crippen molar-refractivity contribution in [2.45, 2.75) is 44.6 Å². The molecule has 2 atom stereocenters. The van der Waals surface area contributed by atoms with Crippen molar-refractivity contribution in [2.24, 2.45) is 5.92 Å². The van der Waals surface area contributed by atoms with Crippen LogP contribution in [-0.4, -0.2) is 25.1 Å². The van der Waals surface area contributed by atoms with Crippen molar-refractivity contribution in [3.8, 4) is 5.75 Å². The Balaban J connectivity index is 1.97. The van der Waals surface area contributed by atoms with E-state index in [-0.39, 0.29) is 5.78 Å². The predicted octanol–water partition coefficient (Wildman–Crippen LogP) is 3.40. The lowest BCUT2D eigenvalue weighted by Crippen LogP contribution is -2.44. The minimum Gasteiger partial charge on any atom is -0.492 e. The van der Waals surface area contributed by atoms with Gasteiger partial charge >= 0.3 is 0 Å². The van der Waals surface area contributed by atoms with Gasteiger partial charge in [0.05, 0.1) is 12.2 Å². The second-order valence-electron chi connectivity index (χ2n) is 6.12. The maximum absolute atomic E-state index is 13.1. The lowest BCUT2D eigenvalue weighted by molar-refractivity contribution is -0.0304. The Bertz CT molecular complexity index is 523. The Kier molecular flexibility index (Phi) is 3.55. The number of benzene rings is 1. The number of fused-ring (bicyclic) bond motifs is 1. The van der Waals surface area contributed by atoms with Gasteiger partial charge in [-0.15, -0.1) is 0 Å². The monoisotopic (exact) mass is 274 g/mol. The van der Waals surface area contributed by atoms with Crippen LogP contribution in [0, 0.1) is 5.92 Å². The molecule has 3 nitrogen and oxygen atoms in total. The highest BCUT2D eigenvalue weighted by atomic mass is 16.5. The highest BCUT2D eigenvalue weighted by Crippen LogP contribution is 2.40. The first kappa shape index (κ1) is 13.6. The van der Waals surface area contributed by atoms with Gasteiger partial charge in [0.1, 0.15) is 11.4 Å². The fourth-order valence-corrected chi connectivity index (χ4v) is 3.63. The number of para-hydroxylation sites is 1. The first-order chi connectivity index (χ1) is 9.66. The molecule has 1 saturated carbocycles. The van der Waals surface area contributed by atoms with Gasteiger partial charge in [-0.3, -0.25) is 4.79 Å². The summed E-state index contributed by atoms with van der Waals surface area (Å²) < 4.78 is 11.4. The summed E-state index contributed by atoms with van der Waals surface area (Å²) in [5, 5.41) is 0. The third kappa shape index (κ3) is 2.14. The van der Waals surface area contributed by atoms with Gasteiger partial charge in [0.2, 0.25) is 0 Å². The summed E-state index contributed by atoms with van der Waals surface area (Å²) in [6, 6.07) is 5.88. The third-order valence-corrected chi connectivity index (χ3v) is 4.72. The Hall–Kier alpha value is -1.35. The van der Waals surface area contributed by atoms with Crippen molar-refractivity contribution in [1.29, 1.82) is 0 Å². The number of hydrogen-bond acceptors (Lipinski definition) is 3. The third-order valence-electron chi connectivity index (χ3n) is 4.72. The summed E-state index contributed by atoms with van der Waals surface area (Å²) in [6.07, 6.45) is 4.76. The van der Waals surface area contributed by atoms with E-state index in [0.29, 0.717) is 18.1 Å². The summed E-state index contributed by atoms with van der Waals surface area (Å²) in [4.78, 5) is 13.1. The predicted molar refractivity (Wildman–Crippen MR) is 77.3 cm³/mol. The van der Waals surface area contributed by atoms with Crippen LogP contribution in [0.3, 0.4) is 0 Å². The molecule has 0 spiro atoms. The van der Waals surface area contributed by atoms with Crippen LogP contribution in [0.1, 0.15) is 48.5 Å². The molecule has 3 heteroatoms. The fourth-order valence-electron chi connectivity index (χ4n) is 3.63. The fraction of sp³-hybridized carbons (Fsp3) is 0.588. The smallest absolute Gasteiger partial charge is 0.198 e. The molecule has 0 bridgehead atoms. The van der Waals surface area contributed by atoms with Crippen LogP contribution in [0.15, 0.2) is 18.2 Å². The normalized spacial score (nSPS) is 28.8. The molecule has 1 heterocycles. The molecule has 108 valence electrons. The standard InChI is InChI=1S/C17H22O3/c1-12-5-4-9-17(11-12,19-2)16(18)14-7-3-6-13-8-10-20-15(13)14/h3,6-7,12H,4-5,8-11H2,1-2H3. The molecule has 2 aliphatic rings. The van der Waals surface area contributed by atoms with E-state index < -0.39 is 5.60 Å². The van der Waals surface area contributed by atoms with Gasteiger partial charge in [0.25, 0.3) is 0 Å². The Morgan fingerprint density at radius 1 is 1.45 bits per heavy atom. The van der Waals surface area contributed by atoms with Gasteiger partial charge in [-0.2, -0.15) is 0 Å². The van der Waals surface area contributed by atoms with Gasteiger partial charge in [-0.05, 0) is 36.8 Å². The average molecular weight is 274 g/mol. The molecule has 2 unspecified atom stereocenters. The van der Waals surface area contributed by atoms with Crippen LogP contribution in [0.2, 0.25) is 0 Å². The maximum atomic E-state index is 13.1. The highest BCUT2D eigenvalue weighted by molar-refractivity contribution is 6.05. The van der Waals surface area contributed by atoms with Gasteiger partial charge in [-0.25, -0.2) is 0 Å². The molecule has 0 saturated heterocycles.